The van der Waals surface area contributed by atoms with Gasteiger partial charge in [0.15, 0.2) is 4.34 Å². The zero-order valence-electron chi connectivity index (χ0n) is 5.81. The van der Waals surface area contributed by atoms with Crippen molar-refractivity contribution in [2.75, 3.05) is 11.5 Å². The molecule has 0 atom stereocenters. The van der Waals surface area contributed by atoms with Gasteiger partial charge in [0.05, 0.1) is 5.75 Å². The molecule has 0 saturated carbocycles. The quantitative estimate of drug-likeness (QED) is 0.588. The average molecular weight is 245 g/mol. The number of rotatable bonds is 4. The van der Waals surface area contributed by atoms with E-state index in [2.05, 4.69) is 10.2 Å². The summed E-state index contributed by atoms with van der Waals surface area (Å²) in [5.41, 5.74) is 1.59. The lowest BCUT2D eigenvalue weighted by molar-refractivity contribution is 0.611. The Morgan fingerprint density at radius 2 is 2.42 bits per heavy atom. The number of thioether (sulfide) groups is 1. The van der Waals surface area contributed by atoms with Gasteiger partial charge in [-0.25, -0.2) is 8.42 Å². The zero-order valence-corrected chi connectivity index (χ0v) is 9.01. The highest BCUT2D eigenvalue weighted by atomic mass is 35.7. The summed E-state index contributed by atoms with van der Waals surface area (Å²) in [5.74, 6) is 0.375. The Morgan fingerprint density at radius 1 is 1.67 bits per heavy atom. The van der Waals surface area contributed by atoms with E-state index in [1.54, 1.807) is 5.51 Å². The number of hydrogen-bond donors (Lipinski definition) is 0. The number of nitrogens with zero attached hydrogens (tertiary/aromatic N) is 2. The van der Waals surface area contributed by atoms with Crippen LogP contribution in [-0.2, 0) is 9.05 Å². The molecule has 0 bridgehead atoms. The highest BCUT2D eigenvalue weighted by Crippen LogP contribution is 2.19. The number of hydrogen-bond acceptors (Lipinski definition) is 6. The largest absolute Gasteiger partial charge is 0.233 e. The van der Waals surface area contributed by atoms with Crippen molar-refractivity contribution in [1.29, 1.82) is 0 Å². The molecule has 1 aromatic rings. The van der Waals surface area contributed by atoms with Crippen molar-refractivity contribution >= 4 is 42.8 Å². The minimum Gasteiger partial charge on any atom is -0.212 e. The van der Waals surface area contributed by atoms with Crippen LogP contribution in [0.3, 0.4) is 0 Å². The van der Waals surface area contributed by atoms with Gasteiger partial charge in [-0.3, -0.25) is 0 Å². The van der Waals surface area contributed by atoms with Crippen LogP contribution in [0.2, 0.25) is 0 Å². The molecule has 0 aliphatic heterocycles. The first-order valence-corrected chi connectivity index (χ1v) is 7.23. The van der Waals surface area contributed by atoms with Gasteiger partial charge in [-0.15, -0.1) is 10.2 Å². The van der Waals surface area contributed by atoms with Gasteiger partial charge in [0.25, 0.3) is 0 Å². The second-order valence-electron chi connectivity index (χ2n) is 1.80. The minimum atomic E-state index is -3.37. The van der Waals surface area contributed by atoms with Crippen molar-refractivity contribution in [3.8, 4) is 0 Å². The third-order valence-corrected chi connectivity index (χ3v) is 4.17. The SMILES string of the molecule is O=S(=O)(Cl)CCSc1nncs1. The fourth-order valence-electron chi connectivity index (χ4n) is 0.454. The van der Waals surface area contributed by atoms with Crippen LogP contribution in [-0.4, -0.2) is 30.1 Å². The van der Waals surface area contributed by atoms with Gasteiger partial charge in [0.1, 0.15) is 5.51 Å². The molecule has 8 heteroatoms. The lowest BCUT2D eigenvalue weighted by atomic mass is 11.0. The van der Waals surface area contributed by atoms with E-state index in [0.717, 1.165) is 4.34 Å². The molecule has 1 aromatic heterocycles. The van der Waals surface area contributed by atoms with E-state index >= 15 is 0 Å². The molecule has 0 amide bonds. The Morgan fingerprint density at radius 3 is 2.92 bits per heavy atom. The monoisotopic (exact) mass is 244 g/mol. The van der Waals surface area contributed by atoms with Crippen molar-refractivity contribution in [1.82, 2.24) is 10.2 Å². The van der Waals surface area contributed by atoms with Crippen LogP contribution >= 0.6 is 33.8 Å². The topological polar surface area (TPSA) is 59.9 Å². The van der Waals surface area contributed by atoms with E-state index in [1.807, 2.05) is 0 Å². The van der Waals surface area contributed by atoms with Gasteiger partial charge in [-0.2, -0.15) is 0 Å². The fourth-order valence-corrected chi connectivity index (χ4v) is 3.36. The summed E-state index contributed by atoms with van der Waals surface area (Å²) < 4.78 is 21.7. The summed E-state index contributed by atoms with van der Waals surface area (Å²) in [6.07, 6.45) is 0. The average Bonchev–Trinajstić information content (AvgIpc) is 2.36. The van der Waals surface area contributed by atoms with Crippen molar-refractivity contribution in [3.05, 3.63) is 5.51 Å². The molecule has 12 heavy (non-hydrogen) atoms. The summed E-state index contributed by atoms with van der Waals surface area (Å²) in [7, 11) is 1.63. The predicted octanol–water partition coefficient (Wildman–Crippen LogP) is 1.20. The Hall–Kier alpha value is 0.150. The first kappa shape index (κ1) is 10.2. The first-order chi connectivity index (χ1) is 5.58. The Balaban J connectivity index is 2.29. The molecule has 0 saturated heterocycles. The van der Waals surface area contributed by atoms with E-state index in [1.165, 1.54) is 23.1 Å². The first-order valence-electron chi connectivity index (χ1n) is 2.89. The van der Waals surface area contributed by atoms with Crippen molar-refractivity contribution < 1.29 is 8.42 Å². The molecular weight excluding hydrogens is 240 g/mol. The minimum absolute atomic E-state index is 0.0429. The van der Waals surface area contributed by atoms with Crippen LogP contribution in [0.25, 0.3) is 0 Å². The molecule has 4 nitrogen and oxygen atoms in total. The summed E-state index contributed by atoms with van der Waals surface area (Å²) in [6.45, 7) is 0. The molecule has 0 radical (unpaired) electrons. The van der Waals surface area contributed by atoms with Crippen molar-refractivity contribution in [2.24, 2.45) is 0 Å². The number of aromatic nitrogens is 2. The van der Waals surface area contributed by atoms with Crippen LogP contribution in [0.5, 0.6) is 0 Å². The van der Waals surface area contributed by atoms with Crippen LogP contribution in [0.4, 0.5) is 0 Å². The van der Waals surface area contributed by atoms with Gasteiger partial charge in [-0.05, 0) is 0 Å². The van der Waals surface area contributed by atoms with Crippen molar-refractivity contribution in [3.63, 3.8) is 0 Å². The lowest BCUT2D eigenvalue weighted by Crippen LogP contribution is -1.99. The molecule has 0 aliphatic rings. The second-order valence-corrected chi connectivity index (χ2v) is 6.87. The summed E-state index contributed by atoms with van der Waals surface area (Å²) >= 11 is 2.71. The fraction of sp³-hybridized carbons (Fsp3) is 0.500. The summed E-state index contributed by atoms with van der Waals surface area (Å²) in [4.78, 5) is 0. The van der Waals surface area contributed by atoms with E-state index in [9.17, 15) is 8.42 Å². The molecule has 0 spiro atoms. The predicted molar refractivity (Wildman–Crippen MR) is 50.3 cm³/mol. The number of halogens is 1. The third kappa shape index (κ3) is 4.24. The molecule has 68 valence electrons. The standard InChI is InChI=1S/C4H5ClN2O2S3/c5-12(8,9)2-1-10-4-7-6-3-11-4/h3H,1-2H2. The zero-order chi connectivity index (χ0) is 9.03. The molecule has 0 N–H and O–H groups in total. The molecular formula is C4H5ClN2O2S3. The summed E-state index contributed by atoms with van der Waals surface area (Å²) in [5, 5.41) is 7.33. The maximum Gasteiger partial charge on any atom is 0.233 e. The van der Waals surface area contributed by atoms with E-state index < -0.39 is 9.05 Å². The van der Waals surface area contributed by atoms with E-state index in [4.69, 9.17) is 10.7 Å². The van der Waals surface area contributed by atoms with Gasteiger partial charge in [0.2, 0.25) is 9.05 Å². The van der Waals surface area contributed by atoms with Gasteiger partial charge in [-0.1, -0.05) is 23.1 Å². The van der Waals surface area contributed by atoms with Gasteiger partial charge >= 0.3 is 0 Å². The van der Waals surface area contributed by atoms with Crippen molar-refractivity contribution in [2.45, 2.75) is 4.34 Å². The third-order valence-electron chi connectivity index (χ3n) is 0.893. The lowest BCUT2D eigenvalue weighted by Gasteiger charge is -1.92. The normalized spacial score (nSPS) is 11.8. The van der Waals surface area contributed by atoms with Gasteiger partial charge in [0, 0.05) is 16.4 Å². The van der Waals surface area contributed by atoms with Crippen LogP contribution in [0.15, 0.2) is 9.85 Å². The smallest absolute Gasteiger partial charge is 0.212 e. The van der Waals surface area contributed by atoms with Crippen LogP contribution in [0, 0.1) is 0 Å². The Labute approximate surface area is 82.8 Å². The maximum absolute atomic E-state index is 10.5. The molecule has 1 heterocycles. The van der Waals surface area contributed by atoms with Crippen LogP contribution < -0.4 is 0 Å². The molecule has 1 rings (SSSR count). The maximum atomic E-state index is 10.5. The second kappa shape index (κ2) is 4.40. The highest BCUT2D eigenvalue weighted by Gasteiger charge is 2.05. The van der Waals surface area contributed by atoms with E-state index in [-0.39, 0.29) is 5.75 Å². The molecule has 0 unspecified atom stereocenters. The highest BCUT2D eigenvalue weighted by molar-refractivity contribution is 8.14. The Kier molecular flexibility index (Phi) is 3.76. The van der Waals surface area contributed by atoms with Crippen LogP contribution in [0.1, 0.15) is 0 Å². The molecule has 0 fully saturated rings. The Bertz CT molecular complexity index is 322. The van der Waals surface area contributed by atoms with E-state index in [0.29, 0.717) is 5.75 Å². The molecule has 0 aliphatic carbocycles. The molecule has 0 aromatic carbocycles. The summed E-state index contributed by atoms with van der Waals surface area (Å²) in [6, 6.07) is 0. The van der Waals surface area contributed by atoms with Gasteiger partial charge < -0.3 is 0 Å².